The number of benzene rings is 1. The second kappa shape index (κ2) is 8.17. The molecule has 1 unspecified atom stereocenters. The summed E-state index contributed by atoms with van der Waals surface area (Å²) >= 11 is 0. The molecule has 0 aromatic heterocycles. The largest absolute Gasteiger partial charge is 0.319 e. The maximum Gasteiger partial charge on any atom is 0.0712 e. The van der Waals surface area contributed by atoms with Crippen LogP contribution in [0.4, 0.5) is 5.69 Å². The van der Waals surface area contributed by atoms with Crippen LogP contribution in [0.2, 0.25) is 12.6 Å². The van der Waals surface area contributed by atoms with Gasteiger partial charge >= 0.3 is 0 Å². The molecular weight excluding hydrogens is 252 g/mol. The van der Waals surface area contributed by atoms with Gasteiger partial charge in [-0.3, -0.25) is 0 Å². The van der Waals surface area contributed by atoms with Crippen molar-refractivity contribution in [2.45, 2.75) is 46.8 Å². The van der Waals surface area contributed by atoms with Gasteiger partial charge in [-0.1, -0.05) is 43.8 Å². The van der Waals surface area contributed by atoms with E-state index in [1.165, 1.54) is 11.1 Å². The molecule has 0 spiro atoms. The van der Waals surface area contributed by atoms with Crippen LogP contribution in [0.3, 0.4) is 0 Å². The van der Waals surface area contributed by atoms with E-state index in [0.717, 1.165) is 29.8 Å². The van der Waals surface area contributed by atoms with Gasteiger partial charge in [-0.2, -0.15) is 0 Å². The van der Waals surface area contributed by atoms with Crippen molar-refractivity contribution in [2.75, 3.05) is 4.90 Å². The average molecular weight is 277 g/mol. The molecule has 0 aliphatic carbocycles. The van der Waals surface area contributed by atoms with E-state index in [9.17, 15) is 0 Å². The Labute approximate surface area is 132 Å². The molecule has 1 aromatic rings. The Hall–Kier alpha value is -1.37. The molecule has 108 valence electrons. The van der Waals surface area contributed by atoms with Crippen molar-refractivity contribution in [1.29, 1.82) is 0 Å². The lowest BCUT2D eigenvalue weighted by atomic mass is 9.88. The van der Waals surface area contributed by atoms with Gasteiger partial charge in [0.25, 0.3) is 0 Å². The molecule has 0 bridgehead atoms. The number of hydrogen-bond donors (Lipinski definition) is 0. The Balaban J connectivity index is 3.04. The summed E-state index contributed by atoms with van der Waals surface area (Å²) in [6, 6.07) is 8.62. The van der Waals surface area contributed by atoms with E-state index in [1.54, 1.807) is 0 Å². The highest BCUT2D eigenvalue weighted by molar-refractivity contribution is 6.10. The molecule has 1 rings (SSSR count). The number of rotatable bonds is 7. The minimum absolute atomic E-state index is 0.509. The summed E-state index contributed by atoms with van der Waals surface area (Å²) in [4.78, 5) is 2.15. The lowest BCUT2D eigenvalue weighted by Crippen LogP contribution is -2.19. The Morgan fingerprint density at radius 3 is 2.14 bits per heavy atom. The summed E-state index contributed by atoms with van der Waals surface area (Å²) in [7, 11) is 11.4. The van der Waals surface area contributed by atoms with Gasteiger partial charge in [0.15, 0.2) is 0 Å². The predicted octanol–water partition coefficient (Wildman–Crippen LogP) is 4.67. The lowest BCUT2D eigenvalue weighted by molar-refractivity contribution is 0.646. The van der Waals surface area contributed by atoms with Gasteiger partial charge in [0.1, 0.15) is 0 Å². The second-order valence-corrected chi connectivity index (χ2v) is 5.85. The van der Waals surface area contributed by atoms with Crippen molar-refractivity contribution in [2.24, 2.45) is 5.92 Å². The van der Waals surface area contributed by atoms with Crippen molar-refractivity contribution in [1.82, 2.24) is 0 Å². The summed E-state index contributed by atoms with van der Waals surface area (Å²) in [5, 5.41) is 0. The summed E-state index contributed by atoms with van der Waals surface area (Å²) in [5.41, 5.74) is 5.74. The fraction of sp³-hybridized carbons (Fsp3) is 0.444. The number of anilines is 1. The SMILES string of the molecule is [B]C/C(C)=C(/C)N(C(=C)C)c1ccc(CC(C)C[B])cc1. The van der Waals surface area contributed by atoms with Crippen LogP contribution in [0.1, 0.15) is 33.3 Å². The summed E-state index contributed by atoms with van der Waals surface area (Å²) < 4.78 is 0. The fourth-order valence-corrected chi connectivity index (χ4v) is 2.31. The van der Waals surface area contributed by atoms with Crippen LogP contribution < -0.4 is 4.90 Å². The first kappa shape index (κ1) is 17.7. The monoisotopic (exact) mass is 277 g/mol. The van der Waals surface area contributed by atoms with Gasteiger partial charge in [0.2, 0.25) is 0 Å². The van der Waals surface area contributed by atoms with Crippen LogP contribution in [-0.2, 0) is 6.42 Å². The Morgan fingerprint density at radius 2 is 1.71 bits per heavy atom. The highest BCUT2D eigenvalue weighted by Crippen LogP contribution is 2.26. The third-order valence-corrected chi connectivity index (χ3v) is 3.82. The van der Waals surface area contributed by atoms with Gasteiger partial charge in [-0.15, -0.1) is 0 Å². The first-order valence-corrected chi connectivity index (χ1v) is 7.51. The second-order valence-electron chi connectivity index (χ2n) is 5.85. The summed E-state index contributed by atoms with van der Waals surface area (Å²) in [6.45, 7) is 12.4. The molecule has 0 amide bonds. The van der Waals surface area contributed by atoms with E-state index < -0.39 is 0 Å². The minimum atomic E-state index is 0.509. The minimum Gasteiger partial charge on any atom is -0.319 e. The van der Waals surface area contributed by atoms with Crippen LogP contribution in [0.5, 0.6) is 0 Å². The van der Waals surface area contributed by atoms with Gasteiger partial charge in [-0.05, 0) is 50.8 Å². The predicted molar refractivity (Wildman–Crippen MR) is 96.1 cm³/mol. The van der Waals surface area contributed by atoms with Crippen molar-refractivity contribution in [3.8, 4) is 0 Å². The van der Waals surface area contributed by atoms with Crippen LogP contribution >= 0.6 is 0 Å². The molecule has 0 aliphatic rings. The van der Waals surface area contributed by atoms with Crippen molar-refractivity contribution in [3.05, 3.63) is 53.4 Å². The Bertz CT molecular complexity index is 502. The molecule has 4 radical (unpaired) electrons. The lowest BCUT2D eigenvalue weighted by Gasteiger charge is -2.28. The maximum absolute atomic E-state index is 5.76. The molecule has 0 saturated carbocycles. The maximum atomic E-state index is 5.76. The van der Waals surface area contributed by atoms with Crippen LogP contribution in [-0.4, -0.2) is 15.7 Å². The number of nitrogens with zero attached hydrogens (tertiary/aromatic N) is 1. The molecule has 0 N–H and O–H groups in total. The fourth-order valence-electron chi connectivity index (χ4n) is 2.31. The van der Waals surface area contributed by atoms with Crippen molar-refractivity contribution < 1.29 is 0 Å². The van der Waals surface area contributed by atoms with Crippen LogP contribution in [0.15, 0.2) is 47.8 Å². The van der Waals surface area contributed by atoms with Gasteiger partial charge in [0, 0.05) is 17.1 Å². The normalized spacial score (nSPS) is 13.5. The van der Waals surface area contributed by atoms with E-state index in [2.05, 4.69) is 56.5 Å². The molecule has 0 aliphatic heterocycles. The highest BCUT2D eigenvalue weighted by Gasteiger charge is 2.11. The van der Waals surface area contributed by atoms with Gasteiger partial charge < -0.3 is 4.90 Å². The van der Waals surface area contributed by atoms with Crippen molar-refractivity contribution in [3.63, 3.8) is 0 Å². The molecule has 1 nitrogen and oxygen atoms in total. The smallest absolute Gasteiger partial charge is 0.0712 e. The van der Waals surface area contributed by atoms with Gasteiger partial charge in [0.05, 0.1) is 15.7 Å². The quantitative estimate of drug-likeness (QED) is 0.654. The molecule has 0 fully saturated rings. The first-order valence-electron chi connectivity index (χ1n) is 7.51. The molecule has 1 aromatic carbocycles. The van der Waals surface area contributed by atoms with E-state index in [1.807, 2.05) is 6.92 Å². The topological polar surface area (TPSA) is 3.24 Å². The van der Waals surface area contributed by atoms with Crippen molar-refractivity contribution >= 4 is 21.4 Å². The zero-order valence-corrected chi connectivity index (χ0v) is 13.8. The zero-order chi connectivity index (χ0) is 16.0. The van der Waals surface area contributed by atoms with E-state index >= 15 is 0 Å². The number of allylic oxidation sites excluding steroid dienone is 3. The highest BCUT2D eigenvalue weighted by atomic mass is 15.1. The first-order chi connectivity index (χ1) is 9.90. The average Bonchev–Trinajstić information content (AvgIpc) is 2.47. The molecule has 3 heteroatoms. The molecule has 1 atom stereocenters. The van der Waals surface area contributed by atoms with Gasteiger partial charge in [-0.25, -0.2) is 0 Å². The van der Waals surface area contributed by atoms with Crippen LogP contribution in [0.25, 0.3) is 0 Å². The standard InChI is InChI=1S/C18H25B2N/c1-13(2)21(16(5)15(4)12-20)18-8-6-17(7-9-18)10-14(3)11-19/h6-9,14H,1,10-12H2,2-5H3/b16-15-. The third-order valence-electron chi connectivity index (χ3n) is 3.82. The van der Waals surface area contributed by atoms with E-state index in [4.69, 9.17) is 15.7 Å². The van der Waals surface area contributed by atoms with E-state index in [0.29, 0.717) is 12.2 Å². The van der Waals surface area contributed by atoms with Crippen LogP contribution in [0, 0.1) is 5.92 Å². The van der Waals surface area contributed by atoms with E-state index in [-0.39, 0.29) is 0 Å². The summed E-state index contributed by atoms with van der Waals surface area (Å²) in [6.07, 6.45) is 2.29. The summed E-state index contributed by atoms with van der Waals surface area (Å²) in [5.74, 6) is 0.509. The molecule has 21 heavy (non-hydrogen) atoms. The third kappa shape index (κ3) is 4.84. The molecule has 0 saturated heterocycles. The molecular formula is C18H25B2N. The zero-order valence-electron chi connectivity index (χ0n) is 13.8. The Kier molecular flexibility index (Phi) is 6.87. The Morgan fingerprint density at radius 1 is 1.14 bits per heavy atom. The number of hydrogen-bond acceptors (Lipinski definition) is 1. The molecule has 0 heterocycles.